The van der Waals surface area contributed by atoms with Gasteiger partial charge in [0, 0.05) is 39.4 Å². The molecular weight excluding hydrogens is 454 g/mol. The Morgan fingerprint density at radius 1 is 1.06 bits per heavy atom. The molecule has 0 bridgehead atoms. The van der Waals surface area contributed by atoms with Crippen LogP contribution >= 0.6 is 0 Å². The van der Waals surface area contributed by atoms with Crippen LogP contribution < -0.4 is 9.46 Å². The second kappa shape index (κ2) is 10.8. The number of benzene rings is 2. The monoisotopic (exact) mass is 489 g/mol. The number of sulfonamides is 1. The molecule has 0 aromatic heterocycles. The van der Waals surface area contributed by atoms with Crippen molar-refractivity contribution >= 4 is 21.6 Å². The van der Waals surface area contributed by atoms with Crippen LogP contribution in [0.5, 0.6) is 5.75 Å². The fraction of sp³-hybridized carbons (Fsp3) is 0.480. The van der Waals surface area contributed by atoms with E-state index in [2.05, 4.69) is 23.5 Å². The number of amides is 1. The fourth-order valence-electron chi connectivity index (χ4n) is 3.95. The number of nitrogens with zero attached hydrogens (tertiary/aromatic N) is 2. The molecule has 0 saturated carbocycles. The van der Waals surface area contributed by atoms with Gasteiger partial charge in [0.1, 0.15) is 12.4 Å². The molecule has 1 aliphatic heterocycles. The molecule has 1 N–H and O–H groups in total. The normalized spacial score (nSPS) is 22.8. The first-order chi connectivity index (χ1) is 16.0. The van der Waals surface area contributed by atoms with Crippen LogP contribution in [0.25, 0.3) is 0 Å². The van der Waals surface area contributed by atoms with Crippen molar-refractivity contribution in [1.82, 2.24) is 9.80 Å². The van der Waals surface area contributed by atoms with E-state index in [1.54, 1.807) is 61.5 Å². The van der Waals surface area contributed by atoms with Gasteiger partial charge >= 0.3 is 0 Å². The number of methoxy groups -OCH3 is 1. The molecule has 1 amide bonds. The Kier molecular flexibility index (Phi) is 8.22. The molecule has 3 rings (SSSR count). The number of carbonyl (C=O) groups is 1. The van der Waals surface area contributed by atoms with Gasteiger partial charge in [-0.25, -0.2) is 8.42 Å². The van der Waals surface area contributed by atoms with E-state index in [4.69, 9.17) is 9.47 Å². The minimum Gasteiger partial charge on any atom is -0.491 e. The molecule has 0 saturated heterocycles. The molecule has 0 fully saturated rings. The van der Waals surface area contributed by atoms with Crippen LogP contribution in [0.15, 0.2) is 47.4 Å². The van der Waals surface area contributed by atoms with E-state index < -0.39 is 10.0 Å². The first-order valence-electron chi connectivity index (χ1n) is 11.4. The highest BCUT2D eigenvalue weighted by Gasteiger charge is 2.27. The molecule has 34 heavy (non-hydrogen) atoms. The van der Waals surface area contributed by atoms with Crippen LogP contribution in [0.4, 0.5) is 5.69 Å². The number of hydrogen-bond acceptors (Lipinski definition) is 6. The van der Waals surface area contributed by atoms with E-state index in [0.717, 1.165) is 12.1 Å². The second-order valence-electron chi connectivity index (χ2n) is 9.17. The SMILES string of the molecule is CO[C@@H]1CN(C)C(=O)c2ccc(NS(=O)(=O)c3ccc(C)cc3)cc2OC[C@H](C)N(C)C[C@@H]1C. The first-order valence-corrected chi connectivity index (χ1v) is 12.8. The zero-order chi connectivity index (χ0) is 25.0. The molecular formula is C25H35N3O5S. The van der Waals surface area contributed by atoms with E-state index in [0.29, 0.717) is 30.2 Å². The van der Waals surface area contributed by atoms with Crippen molar-refractivity contribution in [2.45, 2.75) is 37.8 Å². The van der Waals surface area contributed by atoms with E-state index in [1.165, 1.54) is 0 Å². The van der Waals surface area contributed by atoms with E-state index in [9.17, 15) is 13.2 Å². The number of rotatable bonds is 4. The maximum absolute atomic E-state index is 13.3. The average Bonchev–Trinajstić information content (AvgIpc) is 2.79. The van der Waals surface area contributed by atoms with Crippen LogP contribution in [0.3, 0.4) is 0 Å². The summed E-state index contributed by atoms with van der Waals surface area (Å²) in [7, 11) is 1.65. The molecule has 0 aliphatic carbocycles. The van der Waals surface area contributed by atoms with Gasteiger partial charge in [-0.2, -0.15) is 0 Å². The lowest BCUT2D eigenvalue weighted by Crippen LogP contribution is -2.45. The molecule has 2 aromatic rings. The van der Waals surface area contributed by atoms with Gasteiger partial charge in [0.15, 0.2) is 0 Å². The Bertz CT molecular complexity index is 1100. The molecule has 3 atom stereocenters. The van der Waals surface area contributed by atoms with E-state index in [1.807, 2.05) is 14.0 Å². The summed E-state index contributed by atoms with van der Waals surface area (Å²) in [5.41, 5.74) is 1.67. The van der Waals surface area contributed by atoms with Gasteiger partial charge in [0.2, 0.25) is 0 Å². The van der Waals surface area contributed by atoms with Crippen LogP contribution in [-0.2, 0) is 14.8 Å². The summed E-state index contributed by atoms with van der Waals surface area (Å²) in [4.78, 5) is 17.2. The van der Waals surface area contributed by atoms with Gasteiger partial charge in [-0.15, -0.1) is 0 Å². The Labute approximate surface area is 202 Å². The number of nitrogens with one attached hydrogen (secondary N) is 1. The predicted molar refractivity (Wildman–Crippen MR) is 133 cm³/mol. The van der Waals surface area contributed by atoms with Gasteiger partial charge < -0.3 is 14.4 Å². The summed E-state index contributed by atoms with van der Waals surface area (Å²) in [6, 6.07) is 11.4. The average molecular weight is 490 g/mol. The van der Waals surface area contributed by atoms with Gasteiger partial charge in [-0.3, -0.25) is 14.4 Å². The Morgan fingerprint density at radius 3 is 2.38 bits per heavy atom. The number of ether oxygens (including phenoxy) is 2. The molecule has 186 valence electrons. The summed E-state index contributed by atoms with van der Waals surface area (Å²) < 4.78 is 40.1. The van der Waals surface area contributed by atoms with Crippen LogP contribution in [0.1, 0.15) is 29.8 Å². The summed E-state index contributed by atoms with van der Waals surface area (Å²) in [6.45, 7) is 7.63. The molecule has 0 unspecified atom stereocenters. The van der Waals surface area contributed by atoms with Crippen molar-refractivity contribution < 1.29 is 22.7 Å². The summed E-state index contributed by atoms with van der Waals surface area (Å²) in [6.07, 6.45) is -0.118. The number of fused-ring (bicyclic) bond motifs is 1. The van der Waals surface area contributed by atoms with Gasteiger partial charge in [0.25, 0.3) is 15.9 Å². The van der Waals surface area contributed by atoms with Gasteiger partial charge in [0.05, 0.1) is 22.3 Å². The largest absolute Gasteiger partial charge is 0.491 e. The van der Waals surface area contributed by atoms with Crippen molar-refractivity contribution in [2.24, 2.45) is 5.92 Å². The lowest BCUT2D eigenvalue weighted by Gasteiger charge is -2.34. The highest BCUT2D eigenvalue weighted by atomic mass is 32.2. The molecule has 0 radical (unpaired) electrons. The minimum atomic E-state index is -3.78. The Hall–Kier alpha value is -2.62. The van der Waals surface area contributed by atoms with Crippen molar-refractivity contribution in [3.05, 3.63) is 53.6 Å². The smallest absolute Gasteiger partial charge is 0.261 e. The van der Waals surface area contributed by atoms with Crippen molar-refractivity contribution in [1.29, 1.82) is 0 Å². The minimum absolute atomic E-state index is 0.0768. The third-order valence-electron chi connectivity index (χ3n) is 6.34. The Morgan fingerprint density at radius 2 is 1.74 bits per heavy atom. The first kappa shape index (κ1) is 26.0. The van der Waals surface area contributed by atoms with Crippen LogP contribution in [0, 0.1) is 12.8 Å². The van der Waals surface area contributed by atoms with Crippen molar-refractivity contribution in [3.8, 4) is 5.75 Å². The van der Waals surface area contributed by atoms with E-state index >= 15 is 0 Å². The second-order valence-corrected chi connectivity index (χ2v) is 10.8. The topological polar surface area (TPSA) is 88.2 Å². The standard InChI is InChI=1S/C25H35N3O5S/c1-17-7-10-21(11-8-17)34(30,31)26-20-9-12-22-23(13-20)33-16-19(3)27(4)14-18(2)24(32-6)15-28(5)25(22)29/h7-13,18-19,24,26H,14-16H2,1-6H3/t18-,19-,24+/m0/s1. The number of likely N-dealkylation sites (N-methyl/N-ethyl adjacent to an activating group) is 2. The summed E-state index contributed by atoms with van der Waals surface area (Å²) in [5.74, 6) is 0.340. The van der Waals surface area contributed by atoms with Gasteiger partial charge in [-0.1, -0.05) is 24.6 Å². The predicted octanol–water partition coefficient (Wildman–Crippen LogP) is 3.23. The fourth-order valence-corrected chi connectivity index (χ4v) is 5.00. The number of carbonyl (C=O) groups excluding carboxylic acids is 1. The van der Waals surface area contributed by atoms with Crippen molar-refractivity contribution in [3.63, 3.8) is 0 Å². The number of anilines is 1. The summed E-state index contributed by atoms with van der Waals surface area (Å²) >= 11 is 0. The number of hydrogen-bond donors (Lipinski definition) is 1. The van der Waals surface area contributed by atoms with Crippen LogP contribution in [-0.4, -0.2) is 77.2 Å². The molecule has 9 heteroatoms. The van der Waals surface area contributed by atoms with Crippen molar-refractivity contribution in [2.75, 3.05) is 45.6 Å². The van der Waals surface area contributed by atoms with Gasteiger partial charge in [-0.05, 0) is 51.1 Å². The van der Waals surface area contributed by atoms with E-state index in [-0.39, 0.29) is 28.9 Å². The third kappa shape index (κ3) is 6.08. The molecule has 1 aliphatic rings. The number of aryl methyl sites for hydroxylation is 1. The molecule has 2 aromatic carbocycles. The zero-order valence-corrected chi connectivity index (χ0v) is 21.6. The highest BCUT2D eigenvalue weighted by molar-refractivity contribution is 7.92. The third-order valence-corrected chi connectivity index (χ3v) is 7.74. The molecule has 1 heterocycles. The quantitative estimate of drug-likeness (QED) is 0.710. The lowest BCUT2D eigenvalue weighted by molar-refractivity contribution is 0.0150. The zero-order valence-electron chi connectivity index (χ0n) is 20.7. The molecule has 0 spiro atoms. The summed E-state index contributed by atoms with van der Waals surface area (Å²) in [5, 5.41) is 0. The lowest BCUT2D eigenvalue weighted by atomic mass is 10.0. The maximum atomic E-state index is 13.3. The molecule has 8 nitrogen and oxygen atoms in total. The van der Waals surface area contributed by atoms with Crippen LogP contribution in [0.2, 0.25) is 0 Å². The Balaban J connectivity index is 1.94. The highest BCUT2D eigenvalue weighted by Crippen LogP contribution is 2.28. The maximum Gasteiger partial charge on any atom is 0.261 e.